The molecule has 1 heterocycles. The topological polar surface area (TPSA) is 50.9 Å². The van der Waals surface area contributed by atoms with Gasteiger partial charge in [-0.2, -0.15) is 0 Å². The highest BCUT2D eigenvalue weighted by molar-refractivity contribution is 6.30. The third-order valence-electron chi connectivity index (χ3n) is 2.09. The van der Waals surface area contributed by atoms with Crippen LogP contribution in [0.1, 0.15) is 32.4 Å². The first kappa shape index (κ1) is 11.4. The van der Waals surface area contributed by atoms with Crippen molar-refractivity contribution in [3.63, 3.8) is 0 Å². The Bertz CT molecular complexity index is 306. The molecule has 0 aromatic carbocycles. The molecule has 0 saturated carbocycles. The largest absolute Gasteiger partial charge is 0.271 e. The maximum absolute atomic E-state index is 5.86. The molecule has 4 heteroatoms. The molecule has 0 spiro atoms. The van der Waals surface area contributed by atoms with Gasteiger partial charge in [0.1, 0.15) is 0 Å². The maximum atomic E-state index is 5.86. The second kappa shape index (κ2) is 4.26. The van der Waals surface area contributed by atoms with Crippen LogP contribution in [0.4, 0.5) is 0 Å². The lowest BCUT2D eigenvalue weighted by Gasteiger charge is -2.30. The number of rotatable bonds is 2. The zero-order valence-corrected chi connectivity index (χ0v) is 9.47. The van der Waals surface area contributed by atoms with Crippen molar-refractivity contribution in [3.8, 4) is 0 Å². The molecule has 1 atom stereocenters. The minimum absolute atomic E-state index is 0.0289. The standard InChI is InChI=1S/C10H16ClN3/c1-10(2,3)9(14-12)7-4-8(11)6-13-5-7/h4-6,9,14H,12H2,1-3H3. The van der Waals surface area contributed by atoms with Crippen LogP contribution < -0.4 is 11.3 Å². The predicted molar refractivity (Wildman–Crippen MR) is 58.8 cm³/mol. The van der Waals surface area contributed by atoms with Gasteiger partial charge < -0.3 is 0 Å². The zero-order chi connectivity index (χ0) is 10.8. The predicted octanol–water partition coefficient (Wildman–Crippen LogP) is 2.29. The third-order valence-corrected chi connectivity index (χ3v) is 2.30. The summed E-state index contributed by atoms with van der Waals surface area (Å²) in [6.45, 7) is 6.33. The van der Waals surface area contributed by atoms with E-state index in [9.17, 15) is 0 Å². The van der Waals surface area contributed by atoms with Crippen molar-refractivity contribution in [1.29, 1.82) is 0 Å². The Balaban J connectivity index is 3.01. The average Bonchev–Trinajstić information content (AvgIpc) is 2.02. The molecule has 1 aromatic heterocycles. The van der Waals surface area contributed by atoms with Crippen molar-refractivity contribution in [2.75, 3.05) is 0 Å². The van der Waals surface area contributed by atoms with Crippen LogP contribution in [0.25, 0.3) is 0 Å². The molecular weight excluding hydrogens is 198 g/mol. The maximum Gasteiger partial charge on any atom is 0.0592 e. The summed E-state index contributed by atoms with van der Waals surface area (Å²) in [6, 6.07) is 1.93. The average molecular weight is 214 g/mol. The summed E-state index contributed by atoms with van der Waals surface area (Å²) in [5.41, 5.74) is 3.82. The van der Waals surface area contributed by atoms with Crippen molar-refractivity contribution in [2.24, 2.45) is 11.3 Å². The van der Waals surface area contributed by atoms with E-state index in [4.69, 9.17) is 17.4 Å². The molecule has 0 amide bonds. The van der Waals surface area contributed by atoms with Gasteiger partial charge in [0.2, 0.25) is 0 Å². The Hall–Kier alpha value is -0.640. The smallest absolute Gasteiger partial charge is 0.0592 e. The van der Waals surface area contributed by atoms with Gasteiger partial charge in [-0.3, -0.25) is 16.3 Å². The number of nitrogens with two attached hydrogens (primary N) is 1. The van der Waals surface area contributed by atoms with Crippen LogP contribution in [0.15, 0.2) is 18.5 Å². The molecule has 14 heavy (non-hydrogen) atoms. The van der Waals surface area contributed by atoms with E-state index in [1.54, 1.807) is 12.4 Å². The van der Waals surface area contributed by atoms with Crippen molar-refractivity contribution >= 4 is 11.6 Å². The quantitative estimate of drug-likeness (QED) is 0.586. The van der Waals surface area contributed by atoms with E-state index in [2.05, 4.69) is 31.2 Å². The number of nitrogens with one attached hydrogen (secondary N) is 1. The molecule has 0 aliphatic rings. The highest BCUT2D eigenvalue weighted by Crippen LogP contribution is 2.32. The third kappa shape index (κ3) is 2.67. The SMILES string of the molecule is CC(C)(C)C(NN)c1cncc(Cl)c1. The monoisotopic (exact) mass is 213 g/mol. The van der Waals surface area contributed by atoms with Gasteiger partial charge in [-0.25, -0.2) is 0 Å². The van der Waals surface area contributed by atoms with Crippen LogP contribution in [-0.4, -0.2) is 4.98 Å². The minimum atomic E-state index is 0.0289. The van der Waals surface area contributed by atoms with E-state index >= 15 is 0 Å². The van der Waals surface area contributed by atoms with Crippen molar-refractivity contribution in [2.45, 2.75) is 26.8 Å². The van der Waals surface area contributed by atoms with Crippen LogP contribution in [0.5, 0.6) is 0 Å². The van der Waals surface area contributed by atoms with Gasteiger partial charge in [0.25, 0.3) is 0 Å². The molecule has 0 aliphatic carbocycles. The fourth-order valence-corrected chi connectivity index (χ4v) is 1.61. The molecule has 1 rings (SSSR count). The molecule has 3 nitrogen and oxygen atoms in total. The number of hydrogen-bond acceptors (Lipinski definition) is 3. The summed E-state index contributed by atoms with van der Waals surface area (Å²) < 4.78 is 0. The Morgan fingerprint density at radius 3 is 2.50 bits per heavy atom. The molecule has 0 bridgehead atoms. The van der Waals surface area contributed by atoms with Gasteiger partial charge in [0, 0.05) is 12.4 Å². The fourth-order valence-electron chi connectivity index (χ4n) is 1.43. The van der Waals surface area contributed by atoms with Gasteiger partial charge in [0.15, 0.2) is 0 Å². The van der Waals surface area contributed by atoms with Gasteiger partial charge >= 0.3 is 0 Å². The molecule has 0 aliphatic heterocycles. The van der Waals surface area contributed by atoms with Gasteiger partial charge in [-0.1, -0.05) is 32.4 Å². The van der Waals surface area contributed by atoms with Crippen LogP contribution in [0.2, 0.25) is 5.02 Å². The summed E-state index contributed by atoms with van der Waals surface area (Å²) in [7, 11) is 0. The number of halogens is 1. The molecule has 1 aromatic rings. The second-order valence-corrected chi connectivity index (χ2v) is 4.84. The van der Waals surface area contributed by atoms with Crippen LogP contribution in [-0.2, 0) is 0 Å². The second-order valence-electron chi connectivity index (χ2n) is 4.40. The van der Waals surface area contributed by atoms with E-state index in [0.717, 1.165) is 5.56 Å². The van der Waals surface area contributed by atoms with Crippen LogP contribution in [0, 0.1) is 5.41 Å². The lowest BCUT2D eigenvalue weighted by molar-refractivity contribution is 0.275. The molecule has 1 unspecified atom stereocenters. The summed E-state index contributed by atoms with van der Waals surface area (Å²) >= 11 is 5.86. The summed E-state index contributed by atoms with van der Waals surface area (Å²) in [5.74, 6) is 5.52. The number of nitrogens with zero attached hydrogens (tertiary/aromatic N) is 1. The Morgan fingerprint density at radius 2 is 2.07 bits per heavy atom. The van der Waals surface area contributed by atoms with Crippen molar-refractivity contribution in [3.05, 3.63) is 29.0 Å². The number of aromatic nitrogens is 1. The lowest BCUT2D eigenvalue weighted by Crippen LogP contribution is -2.36. The molecule has 0 fully saturated rings. The first-order valence-electron chi connectivity index (χ1n) is 4.51. The first-order valence-corrected chi connectivity index (χ1v) is 4.89. The van der Waals surface area contributed by atoms with E-state index in [1.807, 2.05) is 6.07 Å². The van der Waals surface area contributed by atoms with Crippen molar-refractivity contribution in [1.82, 2.24) is 10.4 Å². The molecule has 0 saturated heterocycles. The van der Waals surface area contributed by atoms with Crippen LogP contribution >= 0.6 is 11.6 Å². The minimum Gasteiger partial charge on any atom is -0.271 e. The molecule has 78 valence electrons. The molecule has 3 N–H and O–H groups in total. The number of hydrazine groups is 1. The Labute approximate surface area is 89.6 Å². The molecule has 0 radical (unpaired) electrons. The Kier molecular flexibility index (Phi) is 3.48. The first-order chi connectivity index (χ1) is 6.45. The molecular formula is C10H16ClN3. The highest BCUT2D eigenvalue weighted by atomic mass is 35.5. The van der Waals surface area contributed by atoms with E-state index < -0.39 is 0 Å². The van der Waals surface area contributed by atoms with Crippen molar-refractivity contribution < 1.29 is 0 Å². The highest BCUT2D eigenvalue weighted by Gasteiger charge is 2.25. The van der Waals surface area contributed by atoms with E-state index in [-0.39, 0.29) is 11.5 Å². The zero-order valence-electron chi connectivity index (χ0n) is 8.71. The fraction of sp³-hybridized carbons (Fsp3) is 0.500. The normalized spacial score (nSPS) is 14.1. The lowest BCUT2D eigenvalue weighted by atomic mass is 9.83. The number of pyridine rings is 1. The summed E-state index contributed by atoms with van der Waals surface area (Å²) in [4.78, 5) is 4.04. The van der Waals surface area contributed by atoms with Gasteiger partial charge in [-0.15, -0.1) is 0 Å². The van der Waals surface area contributed by atoms with Gasteiger partial charge in [0.05, 0.1) is 11.1 Å². The van der Waals surface area contributed by atoms with Gasteiger partial charge in [-0.05, 0) is 17.0 Å². The number of hydrogen-bond donors (Lipinski definition) is 2. The van der Waals surface area contributed by atoms with Crippen LogP contribution in [0.3, 0.4) is 0 Å². The summed E-state index contributed by atoms with van der Waals surface area (Å²) in [6.07, 6.45) is 3.39. The van der Waals surface area contributed by atoms with E-state index in [0.29, 0.717) is 5.02 Å². The Morgan fingerprint density at radius 1 is 1.43 bits per heavy atom. The van der Waals surface area contributed by atoms with E-state index in [1.165, 1.54) is 0 Å². The summed E-state index contributed by atoms with van der Waals surface area (Å²) in [5, 5.41) is 0.631.